The SMILES string of the molecule is C=C1CC[C@@H]2C(C)(C)[C@H](O)CC[C@@]2(C)[C@@H]1CC/C(C)=C/C(=O)NCc1cn(-c2cccc3ccccc23)nn1. The molecule has 2 fully saturated rings. The minimum absolute atomic E-state index is 0.0772. The fourth-order valence-corrected chi connectivity index (χ4v) is 7.50. The van der Waals surface area contributed by atoms with Crippen LogP contribution in [0.3, 0.4) is 0 Å². The molecule has 3 aromatic rings. The Morgan fingerprint density at radius 1 is 1.18 bits per heavy atom. The second-order valence-electron chi connectivity index (χ2n) is 12.6. The van der Waals surface area contributed by atoms with Gasteiger partial charge in [-0.2, -0.15) is 0 Å². The summed E-state index contributed by atoms with van der Waals surface area (Å²) in [6, 6.07) is 14.3. The van der Waals surface area contributed by atoms with Crippen LogP contribution in [0.1, 0.15) is 71.9 Å². The molecule has 2 N–H and O–H groups in total. The smallest absolute Gasteiger partial charge is 0.244 e. The van der Waals surface area contributed by atoms with Crippen molar-refractivity contribution in [3.05, 3.63) is 78.2 Å². The van der Waals surface area contributed by atoms with Gasteiger partial charge in [0.25, 0.3) is 0 Å². The van der Waals surface area contributed by atoms with Gasteiger partial charge in [-0.3, -0.25) is 4.79 Å². The molecule has 206 valence electrons. The first-order valence-corrected chi connectivity index (χ1v) is 14.3. The van der Waals surface area contributed by atoms with Crippen LogP contribution in [0.25, 0.3) is 16.5 Å². The predicted molar refractivity (Wildman–Crippen MR) is 156 cm³/mol. The van der Waals surface area contributed by atoms with Crippen LogP contribution in [0.2, 0.25) is 0 Å². The molecule has 2 saturated carbocycles. The molecule has 6 nitrogen and oxygen atoms in total. The predicted octanol–water partition coefficient (Wildman–Crippen LogP) is 6.53. The molecule has 6 heteroatoms. The quantitative estimate of drug-likeness (QED) is 0.271. The van der Waals surface area contributed by atoms with Gasteiger partial charge in [-0.15, -0.1) is 5.10 Å². The Morgan fingerprint density at radius 2 is 1.95 bits per heavy atom. The van der Waals surface area contributed by atoms with Crippen LogP contribution in [0.5, 0.6) is 0 Å². The number of aromatic nitrogens is 3. The first-order chi connectivity index (χ1) is 18.6. The van der Waals surface area contributed by atoms with E-state index in [4.69, 9.17) is 0 Å². The van der Waals surface area contributed by atoms with Gasteiger partial charge in [-0.25, -0.2) is 4.68 Å². The number of nitrogens with zero attached hydrogens (tertiary/aromatic N) is 3. The third-order valence-corrected chi connectivity index (χ3v) is 9.76. The Kier molecular flexibility index (Phi) is 7.51. The number of aliphatic hydroxyl groups excluding tert-OH is 1. The minimum atomic E-state index is -0.235. The molecular formula is C33H42N4O2. The molecule has 1 aromatic heterocycles. The maximum atomic E-state index is 12.7. The molecule has 0 spiro atoms. The van der Waals surface area contributed by atoms with Crippen molar-refractivity contribution in [2.45, 2.75) is 78.9 Å². The highest BCUT2D eigenvalue weighted by Gasteiger charge is 2.55. The molecule has 4 atom stereocenters. The van der Waals surface area contributed by atoms with Crippen molar-refractivity contribution in [2.75, 3.05) is 0 Å². The average Bonchev–Trinajstić information content (AvgIpc) is 3.38. The highest BCUT2D eigenvalue weighted by atomic mass is 16.3. The van der Waals surface area contributed by atoms with Crippen LogP contribution >= 0.6 is 0 Å². The Hall–Kier alpha value is -3.25. The van der Waals surface area contributed by atoms with Gasteiger partial charge in [0.05, 0.1) is 24.5 Å². The molecule has 0 saturated heterocycles. The summed E-state index contributed by atoms with van der Waals surface area (Å²) < 4.78 is 1.77. The van der Waals surface area contributed by atoms with Gasteiger partial charge in [0.2, 0.25) is 5.91 Å². The van der Waals surface area contributed by atoms with Crippen LogP contribution in [0.4, 0.5) is 0 Å². The van der Waals surface area contributed by atoms with E-state index in [1.165, 1.54) is 5.57 Å². The normalized spacial score (nSPS) is 26.8. The molecule has 39 heavy (non-hydrogen) atoms. The van der Waals surface area contributed by atoms with Crippen LogP contribution in [-0.2, 0) is 11.3 Å². The van der Waals surface area contributed by atoms with E-state index in [2.05, 4.69) is 61.2 Å². The van der Waals surface area contributed by atoms with E-state index in [1.807, 2.05) is 37.4 Å². The molecule has 1 heterocycles. The van der Waals surface area contributed by atoms with E-state index in [9.17, 15) is 9.90 Å². The first-order valence-electron chi connectivity index (χ1n) is 14.3. The molecule has 0 aliphatic heterocycles. The molecule has 0 bridgehead atoms. The second kappa shape index (κ2) is 10.7. The highest BCUT2D eigenvalue weighted by molar-refractivity contribution is 5.90. The maximum absolute atomic E-state index is 12.7. The van der Waals surface area contributed by atoms with Crippen molar-refractivity contribution in [2.24, 2.45) is 22.7 Å². The Balaban J connectivity index is 1.18. The largest absolute Gasteiger partial charge is 0.393 e. The number of nitrogens with one attached hydrogen (secondary N) is 1. The molecule has 5 rings (SSSR count). The number of allylic oxidation sites excluding steroid dienone is 2. The van der Waals surface area contributed by atoms with E-state index >= 15 is 0 Å². The lowest BCUT2D eigenvalue weighted by Crippen LogP contribution is -2.54. The van der Waals surface area contributed by atoms with Crippen molar-refractivity contribution in [1.82, 2.24) is 20.3 Å². The minimum Gasteiger partial charge on any atom is -0.393 e. The van der Waals surface area contributed by atoms with Gasteiger partial charge in [-0.1, -0.05) is 80.1 Å². The van der Waals surface area contributed by atoms with Crippen LogP contribution in [-0.4, -0.2) is 32.1 Å². The lowest BCUT2D eigenvalue weighted by atomic mass is 9.46. The van der Waals surface area contributed by atoms with Gasteiger partial charge in [0.1, 0.15) is 5.69 Å². The molecule has 2 aromatic carbocycles. The Morgan fingerprint density at radius 3 is 2.77 bits per heavy atom. The average molecular weight is 527 g/mol. The standard InChI is InChI=1S/C33H42N4O2/c1-22(13-15-27-23(2)14-16-29-32(3,4)30(38)17-18-33(27,29)5)19-31(39)34-20-25-21-37(36-35-25)28-12-8-10-24-9-6-7-11-26(24)28/h6-12,19,21,27,29-30,38H,2,13-18,20H2,1,3-5H3,(H,34,39)/b22-19+/t27-,29-,30-,33+/m1/s1. The zero-order chi connectivity index (χ0) is 27.8. The van der Waals surface area contributed by atoms with Crippen molar-refractivity contribution < 1.29 is 9.90 Å². The third-order valence-electron chi connectivity index (χ3n) is 9.76. The van der Waals surface area contributed by atoms with Gasteiger partial charge in [0, 0.05) is 11.5 Å². The molecule has 0 radical (unpaired) electrons. The zero-order valence-electron chi connectivity index (χ0n) is 23.8. The van der Waals surface area contributed by atoms with Crippen molar-refractivity contribution in [3.8, 4) is 5.69 Å². The van der Waals surface area contributed by atoms with Gasteiger partial charge in [-0.05, 0) is 79.6 Å². The fraction of sp³-hybridized carbons (Fsp3) is 0.485. The number of fused-ring (bicyclic) bond motifs is 2. The summed E-state index contributed by atoms with van der Waals surface area (Å²) in [6.45, 7) is 13.7. The Bertz CT molecular complexity index is 1400. The number of amides is 1. The third kappa shape index (κ3) is 5.31. The monoisotopic (exact) mass is 526 g/mol. The summed E-state index contributed by atoms with van der Waals surface area (Å²) in [6.07, 6.45) is 9.24. The lowest BCUT2D eigenvalue weighted by molar-refractivity contribution is -0.124. The van der Waals surface area contributed by atoms with E-state index in [1.54, 1.807) is 10.8 Å². The number of aliphatic hydroxyl groups is 1. The van der Waals surface area contributed by atoms with Gasteiger partial charge >= 0.3 is 0 Å². The fourth-order valence-electron chi connectivity index (χ4n) is 7.50. The van der Waals surface area contributed by atoms with E-state index < -0.39 is 0 Å². The lowest BCUT2D eigenvalue weighted by Gasteiger charge is -2.59. The van der Waals surface area contributed by atoms with Crippen molar-refractivity contribution in [1.29, 1.82) is 0 Å². The summed E-state index contributed by atoms with van der Waals surface area (Å²) in [4.78, 5) is 12.7. The highest BCUT2D eigenvalue weighted by Crippen LogP contribution is 2.61. The molecule has 1 amide bonds. The van der Waals surface area contributed by atoms with Gasteiger partial charge in [0.15, 0.2) is 0 Å². The number of hydrogen-bond donors (Lipinski definition) is 2. The van der Waals surface area contributed by atoms with E-state index in [-0.39, 0.29) is 22.8 Å². The van der Waals surface area contributed by atoms with E-state index in [0.29, 0.717) is 24.1 Å². The van der Waals surface area contributed by atoms with Crippen LogP contribution in [0.15, 0.2) is 72.5 Å². The summed E-state index contributed by atoms with van der Waals surface area (Å²) in [5.74, 6) is 0.790. The summed E-state index contributed by atoms with van der Waals surface area (Å²) in [5.41, 5.74) is 4.16. The molecule has 2 aliphatic rings. The summed E-state index contributed by atoms with van der Waals surface area (Å²) >= 11 is 0. The van der Waals surface area contributed by atoms with Crippen molar-refractivity contribution in [3.63, 3.8) is 0 Å². The number of carbonyl (C=O) groups excluding carboxylic acids is 1. The molecule has 0 unspecified atom stereocenters. The van der Waals surface area contributed by atoms with Crippen LogP contribution in [0, 0.1) is 22.7 Å². The number of benzene rings is 2. The molecule has 2 aliphatic carbocycles. The summed E-state index contributed by atoms with van der Waals surface area (Å²) in [7, 11) is 0. The maximum Gasteiger partial charge on any atom is 0.244 e. The second-order valence-corrected chi connectivity index (χ2v) is 12.6. The first kappa shape index (κ1) is 27.3. The molecular weight excluding hydrogens is 484 g/mol. The van der Waals surface area contributed by atoms with Gasteiger partial charge < -0.3 is 10.4 Å². The van der Waals surface area contributed by atoms with Crippen molar-refractivity contribution >= 4 is 16.7 Å². The zero-order valence-corrected chi connectivity index (χ0v) is 23.8. The topological polar surface area (TPSA) is 80.0 Å². The van der Waals surface area contributed by atoms with E-state index in [0.717, 1.165) is 60.6 Å². The number of hydrogen-bond acceptors (Lipinski definition) is 4. The van der Waals surface area contributed by atoms with Crippen LogP contribution < -0.4 is 5.32 Å². The Labute approximate surface area is 232 Å². The number of carbonyl (C=O) groups is 1. The number of rotatable bonds is 7. The summed E-state index contributed by atoms with van der Waals surface area (Å²) in [5, 5.41) is 24.5.